The van der Waals surface area contributed by atoms with Gasteiger partial charge in [-0.25, -0.2) is 9.78 Å². The second kappa shape index (κ2) is 10.5. The van der Waals surface area contributed by atoms with E-state index in [2.05, 4.69) is 26.1 Å². The SMILES string of the molecule is CCC(C)(C)[C@H]1CCc2c(sc(NC(=O)c3cc(-c4ccc(Cl)cc4)nc4ccccc34)c2C(=O)OC)C1. The van der Waals surface area contributed by atoms with Gasteiger partial charge in [0.15, 0.2) is 0 Å². The minimum absolute atomic E-state index is 0.213. The Hall–Kier alpha value is -3.22. The molecule has 0 aliphatic heterocycles. The number of rotatable bonds is 6. The average molecular weight is 547 g/mol. The minimum Gasteiger partial charge on any atom is -0.465 e. The van der Waals surface area contributed by atoms with Crippen LogP contribution in [-0.4, -0.2) is 24.0 Å². The predicted molar refractivity (Wildman–Crippen MR) is 155 cm³/mol. The molecule has 196 valence electrons. The summed E-state index contributed by atoms with van der Waals surface area (Å²) in [6.07, 6.45) is 3.82. The molecule has 1 atom stereocenters. The van der Waals surface area contributed by atoms with Crippen molar-refractivity contribution in [3.8, 4) is 11.3 Å². The first-order chi connectivity index (χ1) is 18.2. The molecule has 0 bridgehead atoms. The fourth-order valence-electron chi connectivity index (χ4n) is 5.25. The molecule has 0 saturated carbocycles. The van der Waals surface area contributed by atoms with Crippen molar-refractivity contribution in [2.24, 2.45) is 11.3 Å². The van der Waals surface area contributed by atoms with Crippen molar-refractivity contribution >= 4 is 50.7 Å². The quantitative estimate of drug-likeness (QED) is 0.247. The highest BCUT2D eigenvalue weighted by atomic mass is 35.5. The van der Waals surface area contributed by atoms with Gasteiger partial charge >= 0.3 is 5.97 Å². The number of pyridine rings is 1. The van der Waals surface area contributed by atoms with Crippen LogP contribution in [0.3, 0.4) is 0 Å². The second-order valence-corrected chi connectivity index (χ2v) is 12.1. The molecule has 2 aromatic carbocycles. The highest BCUT2D eigenvalue weighted by molar-refractivity contribution is 7.17. The van der Waals surface area contributed by atoms with E-state index in [4.69, 9.17) is 21.3 Å². The molecule has 4 aromatic rings. The Morgan fingerprint density at radius 2 is 1.89 bits per heavy atom. The van der Waals surface area contributed by atoms with Crippen LogP contribution < -0.4 is 5.32 Å². The van der Waals surface area contributed by atoms with Gasteiger partial charge < -0.3 is 10.1 Å². The number of nitrogens with one attached hydrogen (secondary N) is 1. The number of carbonyl (C=O) groups is 2. The van der Waals surface area contributed by atoms with Crippen LogP contribution in [0.4, 0.5) is 5.00 Å². The normalized spacial score (nSPS) is 15.2. The molecule has 5 nitrogen and oxygen atoms in total. The number of methoxy groups -OCH3 is 1. The number of aromatic nitrogens is 1. The summed E-state index contributed by atoms with van der Waals surface area (Å²) in [5.41, 5.74) is 4.46. The molecule has 1 N–H and O–H groups in total. The number of amides is 1. The number of para-hydroxylation sites is 1. The summed E-state index contributed by atoms with van der Waals surface area (Å²) in [5, 5.41) is 5.01. The van der Waals surface area contributed by atoms with E-state index < -0.39 is 5.97 Å². The largest absolute Gasteiger partial charge is 0.465 e. The minimum atomic E-state index is -0.410. The standard InChI is InChI=1S/C31H31ClN2O3S/c1-5-31(2,3)19-12-15-22-26(16-19)38-29(27(22)30(36)37-4)34-28(35)23-17-25(18-10-13-20(32)14-11-18)33-24-9-7-6-8-21(23)24/h6-11,13-14,17,19H,5,12,15-16H2,1-4H3,(H,34,35)/t19-/m0/s1. The van der Waals surface area contributed by atoms with Crippen molar-refractivity contribution in [2.45, 2.75) is 46.5 Å². The van der Waals surface area contributed by atoms with E-state index in [-0.39, 0.29) is 11.3 Å². The Kier molecular flexibility index (Phi) is 7.30. The van der Waals surface area contributed by atoms with Gasteiger partial charge in [0.2, 0.25) is 0 Å². The number of nitrogens with zero attached hydrogens (tertiary/aromatic N) is 1. The Labute approximate surface area is 232 Å². The van der Waals surface area contributed by atoms with E-state index in [1.165, 1.54) is 23.3 Å². The van der Waals surface area contributed by atoms with Gasteiger partial charge in [0.25, 0.3) is 5.91 Å². The smallest absolute Gasteiger partial charge is 0.341 e. The van der Waals surface area contributed by atoms with Gasteiger partial charge in [0, 0.05) is 20.8 Å². The lowest BCUT2D eigenvalue weighted by Gasteiger charge is -2.36. The number of ether oxygens (including phenoxy) is 1. The van der Waals surface area contributed by atoms with E-state index >= 15 is 0 Å². The number of halogens is 1. The van der Waals surface area contributed by atoms with Crippen molar-refractivity contribution in [3.05, 3.63) is 81.2 Å². The number of fused-ring (bicyclic) bond motifs is 2. The molecular formula is C31H31ClN2O3S. The van der Waals surface area contributed by atoms with E-state index in [1.54, 1.807) is 18.2 Å². The summed E-state index contributed by atoms with van der Waals surface area (Å²) in [4.78, 5) is 32.7. The van der Waals surface area contributed by atoms with Crippen molar-refractivity contribution in [2.75, 3.05) is 12.4 Å². The molecule has 0 spiro atoms. The lowest BCUT2D eigenvalue weighted by Crippen LogP contribution is -2.28. The van der Waals surface area contributed by atoms with Gasteiger partial charge in [-0.3, -0.25) is 4.79 Å². The van der Waals surface area contributed by atoms with Gasteiger partial charge in [0.05, 0.1) is 29.4 Å². The fourth-order valence-corrected chi connectivity index (χ4v) is 6.69. The van der Waals surface area contributed by atoms with Crippen LogP contribution in [0.15, 0.2) is 54.6 Å². The molecule has 2 aromatic heterocycles. The zero-order chi connectivity index (χ0) is 27.0. The molecule has 7 heteroatoms. The topological polar surface area (TPSA) is 68.3 Å². The molecular weight excluding hydrogens is 516 g/mol. The Balaban J connectivity index is 1.55. The summed E-state index contributed by atoms with van der Waals surface area (Å²) >= 11 is 7.59. The van der Waals surface area contributed by atoms with Crippen LogP contribution >= 0.6 is 22.9 Å². The Morgan fingerprint density at radius 1 is 1.16 bits per heavy atom. The number of thiophene rings is 1. The van der Waals surface area contributed by atoms with Crippen LogP contribution in [0, 0.1) is 11.3 Å². The first-order valence-electron chi connectivity index (χ1n) is 12.9. The maximum Gasteiger partial charge on any atom is 0.341 e. The zero-order valence-corrected chi connectivity index (χ0v) is 23.6. The Bertz CT molecular complexity index is 1520. The van der Waals surface area contributed by atoms with E-state index in [1.807, 2.05) is 36.4 Å². The van der Waals surface area contributed by atoms with Gasteiger partial charge in [-0.2, -0.15) is 0 Å². The van der Waals surface area contributed by atoms with Gasteiger partial charge in [-0.15, -0.1) is 11.3 Å². The van der Waals surface area contributed by atoms with E-state index in [0.717, 1.165) is 42.2 Å². The third-order valence-electron chi connectivity index (χ3n) is 8.00. The number of hydrogen-bond acceptors (Lipinski definition) is 5. The predicted octanol–water partition coefficient (Wildman–Crippen LogP) is 8.20. The average Bonchev–Trinajstić information content (AvgIpc) is 3.29. The van der Waals surface area contributed by atoms with E-state index in [9.17, 15) is 9.59 Å². The fraction of sp³-hybridized carbons (Fsp3) is 0.323. The van der Waals surface area contributed by atoms with Crippen molar-refractivity contribution in [1.82, 2.24) is 4.98 Å². The zero-order valence-electron chi connectivity index (χ0n) is 22.1. The number of carbonyl (C=O) groups excluding carboxylic acids is 2. The molecule has 0 fully saturated rings. The number of anilines is 1. The Morgan fingerprint density at radius 3 is 2.61 bits per heavy atom. The van der Waals surface area contributed by atoms with Gasteiger partial charge in [0.1, 0.15) is 5.00 Å². The van der Waals surface area contributed by atoms with Crippen LogP contribution in [0.25, 0.3) is 22.2 Å². The third-order valence-corrected chi connectivity index (χ3v) is 9.42. The molecule has 0 unspecified atom stereocenters. The third kappa shape index (κ3) is 4.95. The summed E-state index contributed by atoms with van der Waals surface area (Å²) in [6, 6.07) is 16.8. The van der Waals surface area contributed by atoms with Crippen LogP contribution in [0.5, 0.6) is 0 Å². The molecule has 5 rings (SSSR count). The highest BCUT2D eigenvalue weighted by Crippen LogP contribution is 2.46. The maximum atomic E-state index is 13.8. The second-order valence-electron chi connectivity index (χ2n) is 10.5. The maximum absolute atomic E-state index is 13.8. The summed E-state index contributed by atoms with van der Waals surface area (Å²) < 4.78 is 5.16. The van der Waals surface area contributed by atoms with Gasteiger partial charge in [-0.1, -0.05) is 69.1 Å². The molecule has 38 heavy (non-hydrogen) atoms. The summed E-state index contributed by atoms with van der Waals surface area (Å²) in [5.74, 6) is -0.167. The lowest BCUT2D eigenvalue weighted by atomic mass is 9.69. The first kappa shape index (κ1) is 26.4. The highest BCUT2D eigenvalue weighted by Gasteiger charge is 2.35. The number of hydrogen-bond donors (Lipinski definition) is 1. The molecule has 1 aliphatic carbocycles. The van der Waals surface area contributed by atoms with Crippen LogP contribution in [0.2, 0.25) is 5.02 Å². The lowest BCUT2D eigenvalue weighted by molar-refractivity contribution is 0.0600. The summed E-state index contributed by atoms with van der Waals surface area (Å²) in [7, 11) is 1.39. The number of benzene rings is 2. The molecule has 1 amide bonds. The molecule has 0 saturated heterocycles. The molecule has 0 radical (unpaired) electrons. The van der Waals surface area contributed by atoms with Crippen molar-refractivity contribution in [3.63, 3.8) is 0 Å². The van der Waals surface area contributed by atoms with E-state index in [0.29, 0.717) is 38.3 Å². The van der Waals surface area contributed by atoms with Gasteiger partial charge in [-0.05, 0) is 60.4 Å². The first-order valence-corrected chi connectivity index (χ1v) is 14.1. The van der Waals surface area contributed by atoms with Crippen LogP contribution in [-0.2, 0) is 17.6 Å². The molecule has 1 aliphatic rings. The summed E-state index contributed by atoms with van der Waals surface area (Å²) in [6.45, 7) is 6.85. The molecule has 2 heterocycles. The monoisotopic (exact) mass is 546 g/mol. The van der Waals surface area contributed by atoms with Crippen LogP contribution in [0.1, 0.15) is 64.8 Å². The van der Waals surface area contributed by atoms with Crippen molar-refractivity contribution in [1.29, 1.82) is 0 Å². The number of esters is 1. The van der Waals surface area contributed by atoms with Crippen molar-refractivity contribution < 1.29 is 14.3 Å².